The van der Waals surface area contributed by atoms with Crippen molar-refractivity contribution in [1.29, 1.82) is 0 Å². The third kappa shape index (κ3) is 2.95. The second-order valence-corrected chi connectivity index (χ2v) is 10.2. The Morgan fingerprint density at radius 2 is 1.85 bits per heavy atom. The maximum Gasteiger partial charge on any atom is 0.227 e. The molecule has 0 aromatic heterocycles. The van der Waals surface area contributed by atoms with E-state index in [2.05, 4.69) is 40.2 Å². The number of nitrogens with zero attached hydrogens (tertiary/aromatic N) is 1. The second kappa shape index (κ2) is 6.97. The molecule has 1 amide bonds. The highest BCUT2D eigenvalue weighted by Crippen LogP contribution is 2.49. The van der Waals surface area contributed by atoms with Crippen LogP contribution in [-0.4, -0.2) is 54.8 Å². The van der Waals surface area contributed by atoms with Gasteiger partial charge < -0.3 is 10.6 Å². The molecule has 0 radical (unpaired) electrons. The minimum Gasteiger partial charge on any atom is -0.340 e. The van der Waals surface area contributed by atoms with Gasteiger partial charge in [-0.3, -0.25) is 15.5 Å². The fraction of sp³-hybridized carbons (Fsp3) is 0.952. The van der Waals surface area contributed by atoms with Crippen LogP contribution in [0.2, 0.25) is 0 Å². The van der Waals surface area contributed by atoms with Gasteiger partial charge in [-0.2, -0.15) is 0 Å². The predicted octanol–water partition coefficient (Wildman–Crippen LogP) is 1.19. The Morgan fingerprint density at radius 3 is 2.67 bits per heavy atom. The molecule has 6 heteroatoms. The molecule has 6 nitrogen and oxygen atoms in total. The lowest BCUT2D eigenvalue weighted by molar-refractivity contribution is -0.127. The molecule has 5 aliphatic rings. The fourth-order valence-corrected chi connectivity index (χ4v) is 7.06. The van der Waals surface area contributed by atoms with Gasteiger partial charge in [0.2, 0.25) is 5.91 Å². The van der Waals surface area contributed by atoms with Crippen LogP contribution in [0.1, 0.15) is 58.8 Å². The van der Waals surface area contributed by atoms with Crippen LogP contribution in [0, 0.1) is 23.2 Å². The van der Waals surface area contributed by atoms with Crippen molar-refractivity contribution in [3.05, 3.63) is 0 Å². The average molecular weight is 376 g/mol. The molecule has 0 aromatic rings. The lowest BCUT2D eigenvalue weighted by Gasteiger charge is -2.44. The first-order chi connectivity index (χ1) is 13.1. The van der Waals surface area contributed by atoms with Crippen LogP contribution in [0.4, 0.5) is 0 Å². The molecular formula is C21H37N5O. The van der Waals surface area contributed by atoms with Gasteiger partial charge in [-0.15, -0.1) is 0 Å². The van der Waals surface area contributed by atoms with Gasteiger partial charge in [-0.1, -0.05) is 26.7 Å². The normalized spacial score (nSPS) is 47.3. The Bertz CT molecular complexity index is 575. The zero-order valence-electron chi connectivity index (χ0n) is 17.0. The number of piperidine rings is 2. The van der Waals surface area contributed by atoms with Crippen LogP contribution in [0.3, 0.4) is 0 Å². The van der Waals surface area contributed by atoms with Crippen molar-refractivity contribution in [1.82, 2.24) is 26.4 Å². The van der Waals surface area contributed by atoms with Crippen LogP contribution in [0.25, 0.3) is 0 Å². The van der Waals surface area contributed by atoms with Crippen molar-refractivity contribution >= 4 is 5.91 Å². The van der Waals surface area contributed by atoms with E-state index in [0.717, 1.165) is 19.0 Å². The van der Waals surface area contributed by atoms with E-state index in [1.807, 2.05) is 0 Å². The van der Waals surface area contributed by atoms with Crippen molar-refractivity contribution in [2.45, 2.75) is 83.1 Å². The van der Waals surface area contributed by atoms with Gasteiger partial charge in [0.05, 0.1) is 6.17 Å². The quantitative estimate of drug-likeness (QED) is 0.584. The number of fused-ring (bicyclic) bond motifs is 2. The Balaban J connectivity index is 1.42. The van der Waals surface area contributed by atoms with Gasteiger partial charge in [-0.25, -0.2) is 5.01 Å². The van der Waals surface area contributed by atoms with Crippen LogP contribution in [0.5, 0.6) is 0 Å². The van der Waals surface area contributed by atoms with E-state index < -0.39 is 0 Å². The van der Waals surface area contributed by atoms with Gasteiger partial charge in [-0.05, 0) is 57.0 Å². The molecule has 0 aromatic carbocycles. The number of hydrogen-bond acceptors (Lipinski definition) is 5. The van der Waals surface area contributed by atoms with Crippen LogP contribution in [-0.2, 0) is 4.79 Å². The van der Waals surface area contributed by atoms with Gasteiger partial charge in [0.25, 0.3) is 0 Å². The standard InChI is InChI=1S/C21H37N5O/c1-21(2)17-15(9-11-23-19(17)24-20(21)27)18-14-7-3-4-8-16(14)26(25-18)13-6-5-10-22-12-13/h13-19,22-23,25H,3-12H2,1-2H3,(H,24,27)/t13-,14?,15?,16?,17?,18?,19?/m0/s1. The van der Waals surface area contributed by atoms with E-state index >= 15 is 0 Å². The minimum absolute atomic E-state index is 0.153. The summed E-state index contributed by atoms with van der Waals surface area (Å²) in [5.41, 5.74) is 3.78. The topological polar surface area (TPSA) is 68.4 Å². The number of amides is 1. The summed E-state index contributed by atoms with van der Waals surface area (Å²) in [6, 6.07) is 1.84. The number of rotatable bonds is 2. The minimum atomic E-state index is -0.283. The maximum atomic E-state index is 12.6. The summed E-state index contributed by atoms with van der Waals surface area (Å²) < 4.78 is 0. The van der Waals surface area contributed by atoms with E-state index in [4.69, 9.17) is 0 Å². The SMILES string of the molecule is CC1(C)C(=O)NC2NCCC(C3NN([C@H]4CCCNC4)C4CCCCC34)C21. The number of hydrazine groups is 1. The van der Waals surface area contributed by atoms with Crippen LogP contribution >= 0.6 is 0 Å². The molecule has 4 aliphatic heterocycles. The first-order valence-electron chi connectivity index (χ1n) is 11.4. The summed E-state index contributed by atoms with van der Waals surface area (Å²) in [4.78, 5) is 12.6. The fourth-order valence-electron chi connectivity index (χ4n) is 7.06. The van der Waals surface area contributed by atoms with E-state index in [0.29, 0.717) is 30.0 Å². The predicted molar refractivity (Wildman–Crippen MR) is 106 cm³/mol. The first-order valence-corrected chi connectivity index (χ1v) is 11.4. The first kappa shape index (κ1) is 18.3. The van der Waals surface area contributed by atoms with Crippen molar-refractivity contribution in [2.24, 2.45) is 23.2 Å². The molecule has 1 aliphatic carbocycles. The summed E-state index contributed by atoms with van der Waals surface area (Å²) in [7, 11) is 0. The zero-order chi connectivity index (χ0) is 18.6. The molecular weight excluding hydrogens is 338 g/mol. The molecule has 5 fully saturated rings. The Labute approximate surface area is 163 Å². The molecule has 7 atom stereocenters. The number of carbonyl (C=O) groups is 1. The van der Waals surface area contributed by atoms with E-state index in [1.54, 1.807) is 0 Å². The van der Waals surface area contributed by atoms with Gasteiger partial charge in [0.15, 0.2) is 0 Å². The second-order valence-electron chi connectivity index (χ2n) is 10.2. The molecule has 6 unspecified atom stereocenters. The van der Waals surface area contributed by atoms with Gasteiger partial charge in [0.1, 0.15) is 0 Å². The smallest absolute Gasteiger partial charge is 0.227 e. The highest BCUT2D eigenvalue weighted by molar-refractivity contribution is 5.85. The zero-order valence-corrected chi connectivity index (χ0v) is 17.0. The monoisotopic (exact) mass is 375 g/mol. The van der Waals surface area contributed by atoms with Crippen molar-refractivity contribution in [3.8, 4) is 0 Å². The maximum absolute atomic E-state index is 12.6. The Morgan fingerprint density at radius 1 is 1.00 bits per heavy atom. The van der Waals surface area contributed by atoms with Crippen molar-refractivity contribution < 1.29 is 4.79 Å². The van der Waals surface area contributed by atoms with Gasteiger partial charge in [0, 0.05) is 36.0 Å². The van der Waals surface area contributed by atoms with Crippen molar-refractivity contribution in [3.63, 3.8) is 0 Å². The van der Waals surface area contributed by atoms with Crippen LogP contribution in [0.15, 0.2) is 0 Å². The summed E-state index contributed by atoms with van der Waals surface area (Å²) >= 11 is 0. The highest BCUT2D eigenvalue weighted by Gasteiger charge is 2.58. The molecule has 5 rings (SSSR count). The number of nitrogens with one attached hydrogen (secondary N) is 4. The average Bonchev–Trinajstić information content (AvgIpc) is 3.18. The lowest BCUT2D eigenvalue weighted by atomic mass is 9.64. The third-order valence-electron chi connectivity index (χ3n) is 8.39. The Hall–Kier alpha value is -0.690. The van der Waals surface area contributed by atoms with Gasteiger partial charge >= 0.3 is 0 Å². The van der Waals surface area contributed by atoms with E-state index in [9.17, 15) is 4.79 Å². The summed E-state index contributed by atoms with van der Waals surface area (Å²) in [6.45, 7) is 7.61. The van der Waals surface area contributed by atoms with Crippen molar-refractivity contribution in [2.75, 3.05) is 19.6 Å². The summed E-state index contributed by atoms with van der Waals surface area (Å²) in [6.07, 6.45) is 9.35. The molecule has 27 heavy (non-hydrogen) atoms. The van der Waals surface area contributed by atoms with Crippen LogP contribution < -0.4 is 21.4 Å². The molecule has 0 spiro atoms. The summed E-state index contributed by atoms with van der Waals surface area (Å²) in [5.74, 6) is 1.92. The molecule has 152 valence electrons. The molecule has 4 heterocycles. The number of carbonyl (C=O) groups excluding carboxylic acids is 1. The lowest BCUT2D eigenvalue weighted by Crippen LogP contribution is -2.57. The molecule has 1 saturated carbocycles. The number of hydrogen-bond donors (Lipinski definition) is 4. The summed E-state index contributed by atoms with van der Waals surface area (Å²) in [5, 5.41) is 13.1. The molecule has 4 saturated heterocycles. The molecule has 4 N–H and O–H groups in total. The van der Waals surface area contributed by atoms with E-state index in [1.165, 1.54) is 51.5 Å². The largest absolute Gasteiger partial charge is 0.340 e. The van der Waals surface area contributed by atoms with E-state index in [-0.39, 0.29) is 17.5 Å². The molecule has 0 bridgehead atoms. The third-order valence-corrected chi connectivity index (χ3v) is 8.39. The Kier molecular flexibility index (Phi) is 4.74. The highest BCUT2D eigenvalue weighted by atomic mass is 16.2.